The maximum absolute atomic E-state index is 8.67. The zero-order valence-corrected chi connectivity index (χ0v) is 12.3. The van der Waals surface area contributed by atoms with Gasteiger partial charge in [0.15, 0.2) is 0 Å². The molecule has 0 aliphatic carbocycles. The van der Waals surface area contributed by atoms with E-state index in [0.717, 1.165) is 11.3 Å². The van der Waals surface area contributed by atoms with Crippen molar-refractivity contribution in [2.24, 2.45) is 0 Å². The topological polar surface area (TPSA) is 59.6 Å². The maximum Gasteiger partial charge on any atom is 0.145 e. The summed E-state index contributed by atoms with van der Waals surface area (Å²) in [5.74, 6) is 0. The molecule has 0 bridgehead atoms. The second kappa shape index (κ2) is 7.19. The van der Waals surface area contributed by atoms with Crippen LogP contribution in [-0.2, 0) is 0 Å². The van der Waals surface area contributed by atoms with E-state index in [-0.39, 0.29) is 5.57 Å². The van der Waals surface area contributed by atoms with Gasteiger partial charge in [-0.25, -0.2) is 0 Å². The predicted octanol–water partition coefficient (Wildman–Crippen LogP) is 4.42. The van der Waals surface area contributed by atoms with Crippen LogP contribution in [0.5, 0.6) is 0 Å². The minimum atomic E-state index is 0.0480. The van der Waals surface area contributed by atoms with Crippen LogP contribution in [0, 0.1) is 22.7 Å². The average molecular weight is 291 g/mol. The number of anilines is 1. The van der Waals surface area contributed by atoms with Gasteiger partial charge in [0.2, 0.25) is 0 Å². The number of thioether (sulfide) groups is 1. The lowest BCUT2D eigenvalue weighted by molar-refractivity contribution is 1.43. The van der Waals surface area contributed by atoms with Gasteiger partial charge in [0.25, 0.3) is 0 Å². The smallest absolute Gasteiger partial charge is 0.145 e. The van der Waals surface area contributed by atoms with E-state index in [9.17, 15) is 0 Å². The summed E-state index contributed by atoms with van der Waals surface area (Å²) in [6.07, 6.45) is 3.47. The Hall–Kier alpha value is -2.69. The standard InChI is InChI=1S/C17H13N3S/c1-21-17-5-3-2-4-16(17)14-6-8-15(9-7-14)20-12-13(10-18)11-19/h2-9,12,20H,1H3. The van der Waals surface area contributed by atoms with E-state index in [1.807, 2.05) is 48.5 Å². The molecule has 0 saturated heterocycles. The third kappa shape index (κ3) is 3.66. The van der Waals surface area contributed by atoms with E-state index in [2.05, 4.69) is 23.7 Å². The molecule has 2 rings (SSSR count). The molecule has 3 nitrogen and oxygen atoms in total. The van der Waals surface area contributed by atoms with Gasteiger partial charge in [-0.2, -0.15) is 10.5 Å². The first-order valence-corrected chi connectivity index (χ1v) is 7.51. The third-order valence-electron chi connectivity index (χ3n) is 2.93. The molecule has 4 heteroatoms. The molecule has 0 unspecified atom stereocenters. The van der Waals surface area contributed by atoms with Crippen LogP contribution in [-0.4, -0.2) is 6.26 Å². The lowest BCUT2D eigenvalue weighted by atomic mass is 10.1. The fraction of sp³-hybridized carbons (Fsp3) is 0.0588. The van der Waals surface area contributed by atoms with E-state index in [1.54, 1.807) is 11.8 Å². The number of rotatable bonds is 4. The molecule has 0 radical (unpaired) electrons. The summed E-state index contributed by atoms with van der Waals surface area (Å²) in [5.41, 5.74) is 3.22. The minimum Gasteiger partial charge on any atom is -0.360 e. The van der Waals surface area contributed by atoms with Crippen LogP contribution in [0.25, 0.3) is 11.1 Å². The summed E-state index contributed by atoms with van der Waals surface area (Å²) in [6.45, 7) is 0. The van der Waals surface area contributed by atoms with E-state index in [1.165, 1.54) is 16.7 Å². The van der Waals surface area contributed by atoms with Crippen molar-refractivity contribution < 1.29 is 0 Å². The Kier molecular flexibility index (Phi) is 5.04. The molecule has 0 aliphatic heterocycles. The highest BCUT2D eigenvalue weighted by atomic mass is 32.2. The van der Waals surface area contributed by atoms with Crippen molar-refractivity contribution in [2.45, 2.75) is 4.90 Å². The minimum absolute atomic E-state index is 0.0480. The van der Waals surface area contributed by atoms with Crippen molar-refractivity contribution in [2.75, 3.05) is 11.6 Å². The van der Waals surface area contributed by atoms with E-state index >= 15 is 0 Å². The van der Waals surface area contributed by atoms with Gasteiger partial charge in [-0.05, 0) is 35.6 Å². The van der Waals surface area contributed by atoms with Crippen LogP contribution in [0.3, 0.4) is 0 Å². The quantitative estimate of drug-likeness (QED) is 0.669. The Labute approximate surface area is 128 Å². The maximum atomic E-state index is 8.67. The monoisotopic (exact) mass is 291 g/mol. The number of allylic oxidation sites excluding steroid dienone is 1. The first-order chi connectivity index (χ1) is 10.3. The summed E-state index contributed by atoms with van der Waals surface area (Å²) in [4.78, 5) is 1.23. The molecule has 0 saturated carbocycles. The zero-order chi connectivity index (χ0) is 15.1. The molecule has 102 valence electrons. The molecule has 0 amide bonds. The van der Waals surface area contributed by atoms with E-state index in [4.69, 9.17) is 10.5 Å². The highest BCUT2D eigenvalue weighted by Crippen LogP contribution is 2.30. The van der Waals surface area contributed by atoms with Crippen LogP contribution in [0.15, 0.2) is 65.2 Å². The molecular formula is C17H13N3S. The second-order valence-corrected chi connectivity index (χ2v) is 5.05. The number of nitrogens with one attached hydrogen (secondary N) is 1. The molecule has 0 aliphatic rings. The van der Waals surface area contributed by atoms with Crippen molar-refractivity contribution in [1.29, 1.82) is 10.5 Å². The molecule has 0 fully saturated rings. The SMILES string of the molecule is CSc1ccccc1-c1ccc(NC=C(C#N)C#N)cc1. The molecule has 0 heterocycles. The lowest BCUT2D eigenvalue weighted by Gasteiger charge is -2.08. The van der Waals surface area contributed by atoms with Crippen LogP contribution < -0.4 is 5.32 Å². The predicted molar refractivity (Wildman–Crippen MR) is 86.6 cm³/mol. The Morgan fingerprint density at radius 3 is 2.33 bits per heavy atom. The molecule has 0 spiro atoms. The number of hydrogen-bond donors (Lipinski definition) is 1. The average Bonchev–Trinajstić information content (AvgIpc) is 2.56. The van der Waals surface area contributed by atoms with Gasteiger partial charge >= 0.3 is 0 Å². The highest BCUT2D eigenvalue weighted by molar-refractivity contribution is 7.98. The van der Waals surface area contributed by atoms with Crippen molar-refractivity contribution in [1.82, 2.24) is 0 Å². The van der Waals surface area contributed by atoms with Gasteiger partial charge in [-0.15, -0.1) is 11.8 Å². The third-order valence-corrected chi connectivity index (χ3v) is 3.72. The fourth-order valence-electron chi connectivity index (χ4n) is 1.87. The van der Waals surface area contributed by atoms with E-state index < -0.39 is 0 Å². The molecule has 0 aromatic heterocycles. The van der Waals surface area contributed by atoms with Gasteiger partial charge in [0.1, 0.15) is 17.7 Å². The largest absolute Gasteiger partial charge is 0.360 e. The number of nitriles is 2. The number of nitrogens with zero attached hydrogens (tertiary/aromatic N) is 2. The van der Waals surface area contributed by atoms with Crippen molar-refractivity contribution >= 4 is 17.4 Å². The number of hydrogen-bond acceptors (Lipinski definition) is 4. The Morgan fingerprint density at radius 2 is 1.71 bits per heavy atom. The fourth-order valence-corrected chi connectivity index (χ4v) is 2.49. The molecule has 21 heavy (non-hydrogen) atoms. The van der Waals surface area contributed by atoms with Gasteiger partial charge < -0.3 is 5.32 Å². The Bertz CT molecular complexity index is 718. The lowest BCUT2D eigenvalue weighted by Crippen LogP contribution is -1.90. The van der Waals surface area contributed by atoms with Gasteiger partial charge in [0.05, 0.1) is 0 Å². The van der Waals surface area contributed by atoms with Crippen LogP contribution in [0.2, 0.25) is 0 Å². The molecule has 2 aromatic rings. The van der Waals surface area contributed by atoms with Gasteiger partial charge in [-0.3, -0.25) is 0 Å². The van der Waals surface area contributed by atoms with Crippen molar-refractivity contribution in [3.63, 3.8) is 0 Å². The molecular weight excluding hydrogens is 278 g/mol. The van der Waals surface area contributed by atoms with Crippen LogP contribution in [0.1, 0.15) is 0 Å². The second-order valence-electron chi connectivity index (χ2n) is 4.20. The van der Waals surface area contributed by atoms with Crippen molar-refractivity contribution in [3.05, 3.63) is 60.3 Å². The zero-order valence-electron chi connectivity index (χ0n) is 11.5. The van der Waals surface area contributed by atoms with Gasteiger partial charge in [-0.1, -0.05) is 30.3 Å². The van der Waals surface area contributed by atoms with E-state index in [0.29, 0.717) is 0 Å². The normalized spacial score (nSPS) is 9.29. The first-order valence-electron chi connectivity index (χ1n) is 6.29. The molecule has 0 atom stereocenters. The van der Waals surface area contributed by atoms with Crippen LogP contribution >= 0.6 is 11.8 Å². The summed E-state index contributed by atoms with van der Waals surface area (Å²) in [7, 11) is 0. The number of benzene rings is 2. The molecule has 1 N–H and O–H groups in total. The molecule has 2 aromatic carbocycles. The highest BCUT2D eigenvalue weighted by Gasteiger charge is 2.03. The summed E-state index contributed by atoms with van der Waals surface area (Å²) < 4.78 is 0. The Morgan fingerprint density at radius 1 is 1.05 bits per heavy atom. The first kappa shape index (κ1) is 14.7. The Balaban J connectivity index is 2.22. The summed E-state index contributed by atoms with van der Waals surface area (Å²) in [5, 5.41) is 20.3. The summed E-state index contributed by atoms with van der Waals surface area (Å²) >= 11 is 1.72. The summed E-state index contributed by atoms with van der Waals surface area (Å²) in [6, 6.07) is 19.8. The van der Waals surface area contributed by atoms with Gasteiger partial charge in [0, 0.05) is 16.8 Å². The van der Waals surface area contributed by atoms with Crippen molar-refractivity contribution in [3.8, 4) is 23.3 Å². The van der Waals surface area contributed by atoms with Crippen LogP contribution in [0.4, 0.5) is 5.69 Å².